The molecule has 0 aliphatic heterocycles. The lowest BCUT2D eigenvalue weighted by Crippen LogP contribution is -2.32. The van der Waals surface area contributed by atoms with Crippen molar-refractivity contribution in [2.75, 3.05) is 6.26 Å². The molecule has 0 fully saturated rings. The Morgan fingerprint density at radius 3 is 2.47 bits per heavy atom. The third-order valence-corrected chi connectivity index (χ3v) is 4.14. The summed E-state index contributed by atoms with van der Waals surface area (Å²) < 4.78 is 52.8. The average molecular weight is 308 g/mol. The smallest absolute Gasteiger partial charge is 0.307 e. The summed E-state index contributed by atoms with van der Waals surface area (Å²) in [6.45, 7) is 3.55. The van der Waals surface area contributed by atoms with Gasteiger partial charge in [0.05, 0.1) is 6.26 Å². The van der Waals surface area contributed by atoms with Gasteiger partial charge in [0, 0.05) is 12.1 Å². The van der Waals surface area contributed by atoms with Gasteiger partial charge in [0.15, 0.2) is 5.03 Å². The van der Waals surface area contributed by atoms with Crippen LogP contribution in [0.5, 0.6) is 5.88 Å². The van der Waals surface area contributed by atoms with E-state index in [2.05, 4.69) is 13.9 Å². The monoisotopic (exact) mass is 308 g/mol. The Balaban J connectivity index is 3.05. The van der Waals surface area contributed by atoms with Crippen LogP contribution in [0.2, 0.25) is 0 Å². The number of sulfonamides is 1. The number of hydrogen-bond acceptors (Lipinski definition) is 6. The number of nitrogens with one attached hydrogen (secondary N) is 1. The fraction of sp³-hybridized carbons (Fsp3) is 0.500. The second-order valence-electron chi connectivity index (χ2n) is 4.03. The van der Waals surface area contributed by atoms with Gasteiger partial charge in [-0.1, -0.05) is 13.0 Å². The van der Waals surface area contributed by atoms with Crippen molar-refractivity contribution in [2.24, 2.45) is 0 Å². The molecule has 1 aromatic heterocycles. The molecule has 0 aromatic carbocycles. The van der Waals surface area contributed by atoms with Gasteiger partial charge < -0.3 is 4.18 Å². The van der Waals surface area contributed by atoms with E-state index in [0.29, 0.717) is 6.42 Å². The first-order valence-electron chi connectivity index (χ1n) is 5.53. The Hall–Kier alpha value is -1.19. The molecular formula is C10H16N2O5S2. The molecule has 0 saturated carbocycles. The highest BCUT2D eigenvalue weighted by atomic mass is 32.2. The molecule has 1 rings (SSSR count). The number of aromatic nitrogens is 1. The Kier molecular flexibility index (Phi) is 4.88. The summed E-state index contributed by atoms with van der Waals surface area (Å²) in [4.78, 5) is 3.67. The molecule has 9 heteroatoms. The SMILES string of the molecule is CCC(C)NS(=O)(=O)c1cccc(OS(C)(=O)=O)n1. The highest BCUT2D eigenvalue weighted by Crippen LogP contribution is 2.14. The largest absolute Gasteiger partial charge is 0.362 e. The van der Waals surface area contributed by atoms with Crippen molar-refractivity contribution in [3.63, 3.8) is 0 Å². The zero-order valence-corrected chi connectivity index (χ0v) is 12.5. The molecule has 0 saturated heterocycles. The lowest BCUT2D eigenvalue weighted by atomic mass is 10.3. The third kappa shape index (κ3) is 5.13. The van der Waals surface area contributed by atoms with E-state index in [0.717, 1.165) is 6.26 Å². The van der Waals surface area contributed by atoms with Gasteiger partial charge in [-0.25, -0.2) is 13.1 Å². The number of pyridine rings is 1. The lowest BCUT2D eigenvalue weighted by Gasteiger charge is -2.11. The molecular weight excluding hydrogens is 292 g/mol. The Labute approximate surface area is 113 Å². The van der Waals surface area contributed by atoms with E-state index in [1.165, 1.54) is 18.2 Å². The lowest BCUT2D eigenvalue weighted by molar-refractivity contribution is 0.478. The summed E-state index contributed by atoms with van der Waals surface area (Å²) in [5, 5.41) is -0.283. The zero-order chi connectivity index (χ0) is 14.7. The summed E-state index contributed by atoms with van der Waals surface area (Å²) in [5.41, 5.74) is 0. The molecule has 0 spiro atoms. The quantitative estimate of drug-likeness (QED) is 0.768. The summed E-state index contributed by atoms with van der Waals surface area (Å²) in [6.07, 6.45) is 1.48. The maximum atomic E-state index is 11.9. The minimum Gasteiger partial charge on any atom is -0.362 e. The van der Waals surface area contributed by atoms with Crippen molar-refractivity contribution in [3.8, 4) is 5.88 Å². The van der Waals surface area contributed by atoms with Crippen LogP contribution in [0, 0.1) is 0 Å². The van der Waals surface area contributed by atoms with Gasteiger partial charge in [0.2, 0.25) is 5.88 Å². The van der Waals surface area contributed by atoms with Crippen LogP contribution >= 0.6 is 0 Å². The van der Waals surface area contributed by atoms with Crippen LogP contribution < -0.4 is 8.91 Å². The van der Waals surface area contributed by atoms with Crippen molar-refractivity contribution in [2.45, 2.75) is 31.3 Å². The molecule has 1 N–H and O–H groups in total. The second kappa shape index (κ2) is 5.85. The van der Waals surface area contributed by atoms with E-state index < -0.39 is 20.1 Å². The molecule has 0 amide bonds. The van der Waals surface area contributed by atoms with E-state index in [-0.39, 0.29) is 16.9 Å². The number of rotatable bonds is 6. The summed E-state index contributed by atoms with van der Waals surface area (Å²) in [6, 6.07) is 3.65. The van der Waals surface area contributed by atoms with Gasteiger partial charge in [-0.05, 0) is 19.4 Å². The first kappa shape index (κ1) is 15.9. The topological polar surface area (TPSA) is 102 Å². The normalized spacial score (nSPS) is 14.1. The van der Waals surface area contributed by atoms with Crippen LogP contribution in [0.1, 0.15) is 20.3 Å². The molecule has 0 aliphatic carbocycles. The van der Waals surface area contributed by atoms with Gasteiger partial charge in [-0.2, -0.15) is 13.4 Å². The third-order valence-electron chi connectivity index (χ3n) is 2.18. The van der Waals surface area contributed by atoms with Gasteiger partial charge in [-0.3, -0.25) is 0 Å². The van der Waals surface area contributed by atoms with Crippen LogP contribution in [-0.4, -0.2) is 34.1 Å². The first-order valence-corrected chi connectivity index (χ1v) is 8.83. The molecule has 1 aromatic rings. The zero-order valence-electron chi connectivity index (χ0n) is 10.8. The molecule has 108 valence electrons. The van der Waals surface area contributed by atoms with E-state index >= 15 is 0 Å². The highest BCUT2D eigenvalue weighted by molar-refractivity contribution is 7.89. The minimum absolute atomic E-state index is 0.244. The fourth-order valence-electron chi connectivity index (χ4n) is 1.16. The van der Waals surface area contributed by atoms with Crippen molar-refractivity contribution >= 4 is 20.1 Å². The van der Waals surface area contributed by atoms with Crippen molar-refractivity contribution in [3.05, 3.63) is 18.2 Å². The van der Waals surface area contributed by atoms with E-state index in [1.54, 1.807) is 6.92 Å². The van der Waals surface area contributed by atoms with Crippen LogP contribution in [0.4, 0.5) is 0 Å². The minimum atomic E-state index is -3.79. The Morgan fingerprint density at radius 2 is 1.95 bits per heavy atom. The predicted molar refractivity (Wildman–Crippen MR) is 69.8 cm³/mol. The van der Waals surface area contributed by atoms with Crippen molar-refractivity contribution < 1.29 is 21.0 Å². The maximum Gasteiger partial charge on any atom is 0.307 e. The predicted octanol–water partition coefficient (Wildman–Crippen LogP) is 0.497. The number of hydrogen-bond donors (Lipinski definition) is 1. The molecule has 7 nitrogen and oxygen atoms in total. The summed E-state index contributed by atoms with van der Waals surface area (Å²) >= 11 is 0. The molecule has 1 unspecified atom stereocenters. The average Bonchev–Trinajstić information content (AvgIpc) is 2.26. The van der Waals surface area contributed by atoms with E-state index in [4.69, 9.17) is 0 Å². The second-order valence-corrected chi connectivity index (χ2v) is 7.27. The molecule has 0 bridgehead atoms. The van der Waals surface area contributed by atoms with Gasteiger partial charge in [-0.15, -0.1) is 0 Å². The van der Waals surface area contributed by atoms with E-state index in [9.17, 15) is 16.8 Å². The Bertz CT molecular complexity index is 640. The van der Waals surface area contributed by atoms with Crippen LogP contribution in [0.25, 0.3) is 0 Å². The van der Waals surface area contributed by atoms with Gasteiger partial charge >= 0.3 is 10.1 Å². The van der Waals surface area contributed by atoms with Gasteiger partial charge in [0.1, 0.15) is 0 Å². The van der Waals surface area contributed by atoms with Crippen molar-refractivity contribution in [1.82, 2.24) is 9.71 Å². The Morgan fingerprint density at radius 1 is 1.32 bits per heavy atom. The van der Waals surface area contributed by atoms with Gasteiger partial charge in [0.25, 0.3) is 10.0 Å². The molecule has 0 aliphatic rings. The number of nitrogens with zero attached hydrogens (tertiary/aromatic N) is 1. The molecule has 0 radical (unpaired) electrons. The summed E-state index contributed by atoms with van der Waals surface area (Å²) in [5.74, 6) is -0.283. The maximum absolute atomic E-state index is 11.9. The van der Waals surface area contributed by atoms with E-state index in [1.807, 2.05) is 6.92 Å². The molecule has 1 heterocycles. The fourth-order valence-corrected chi connectivity index (χ4v) is 2.84. The van der Waals surface area contributed by atoms with Crippen molar-refractivity contribution in [1.29, 1.82) is 0 Å². The molecule has 1 atom stereocenters. The summed E-state index contributed by atoms with van der Waals surface area (Å²) in [7, 11) is -7.53. The standard InChI is InChI=1S/C10H16N2O5S2/c1-4-8(2)12-19(15,16)10-7-5-6-9(11-10)17-18(3,13)14/h5-8,12H,4H2,1-3H3. The van der Waals surface area contributed by atoms with Crippen LogP contribution in [0.3, 0.4) is 0 Å². The highest BCUT2D eigenvalue weighted by Gasteiger charge is 2.19. The van der Waals surface area contributed by atoms with Crippen LogP contribution in [-0.2, 0) is 20.1 Å². The molecule has 19 heavy (non-hydrogen) atoms. The van der Waals surface area contributed by atoms with Crippen LogP contribution in [0.15, 0.2) is 23.2 Å². The first-order chi connectivity index (χ1) is 8.64.